The molecule has 1 amide bonds. The van der Waals surface area contributed by atoms with Gasteiger partial charge >= 0.3 is 13.2 Å². The third-order valence-electron chi connectivity index (χ3n) is 3.48. The lowest BCUT2D eigenvalue weighted by Crippen LogP contribution is -2.40. The van der Waals surface area contributed by atoms with E-state index in [4.69, 9.17) is 19.2 Å². The molecule has 21 heavy (non-hydrogen) atoms. The van der Waals surface area contributed by atoms with Crippen molar-refractivity contribution in [2.24, 2.45) is 0 Å². The van der Waals surface area contributed by atoms with E-state index in [1.54, 1.807) is 0 Å². The van der Waals surface area contributed by atoms with Gasteiger partial charge in [0.25, 0.3) is 0 Å². The van der Waals surface area contributed by atoms with Crippen molar-refractivity contribution in [3.63, 3.8) is 0 Å². The molecule has 3 rings (SSSR count). The minimum absolute atomic E-state index is 0.157. The zero-order chi connectivity index (χ0) is 15.2. The monoisotopic (exact) mass is 355 g/mol. The summed E-state index contributed by atoms with van der Waals surface area (Å²) < 4.78 is 18.6. The van der Waals surface area contributed by atoms with Crippen LogP contribution in [0, 0.1) is 0 Å². The highest BCUT2D eigenvalue weighted by Gasteiger charge is 2.46. The van der Waals surface area contributed by atoms with E-state index in [2.05, 4.69) is 21.2 Å². The summed E-state index contributed by atoms with van der Waals surface area (Å²) in [5.41, 5.74) is 1.24. The van der Waals surface area contributed by atoms with Crippen LogP contribution < -0.4 is 15.5 Å². The van der Waals surface area contributed by atoms with Crippen molar-refractivity contribution in [3.05, 3.63) is 22.2 Å². The van der Waals surface area contributed by atoms with E-state index < -0.39 is 24.9 Å². The van der Waals surface area contributed by atoms with Gasteiger partial charge in [-0.05, 0) is 31.5 Å². The van der Waals surface area contributed by atoms with E-state index in [1.165, 1.54) is 0 Å². The van der Waals surface area contributed by atoms with Crippen molar-refractivity contribution in [1.82, 2.24) is 5.32 Å². The Morgan fingerprint density at radius 2 is 2.33 bits per heavy atom. The maximum atomic E-state index is 10.7. The van der Waals surface area contributed by atoms with Gasteiger partial charge in [0.2, 0.25) is 0 Å². The summed E-state index contributed by atoms with van der Waals surface area (Å²) in [6, 6.07) is 3.75. The largest absolute Gasteiger partial charge is 0.499 e. The van der Waals surface area contributed by atoms with E-state index in [1.807, 2.05) is 26.0 Å². The Bertz CT molecular complexity index is 594. The first-order chi connectivity index (χ1) is 9.87. The van der Waals surface area contributed by atoms with Crippen LogP contribution in [-0.4, -0.2) is 37.1 Å². The Labute approximate surface area is 131 Å². The highest BCUT2D eigenvalue weighted by atomic mass is 79.9. The Morgan fingerprint density at radius 1 is 1.57 bits per heavy atom. The molecule has 112 valence electrons. The molecule has 0 saturated heterocycles. The van der Waals surface area contributed by atoms with Crippen LogP contribution in [0.5, 0.6) is 5.75 Å². The second-order valence-corrected chi connectivity index (χ2v) is 6.54. The maximum Gasteiger partial charge on any atom is 0.499 e. The molecule has 1 aromatic carbocycles. The van der Waals surface area contributed by atoms with Crippen LogP contribution in [-0.2, 0) is 9.31 Å². The van der Waals surface area contributed by atoms with Crippen molar-refractivity contribution < 1.29 is 23.9 Å². The number of benzene rings is 1. The molecule has 8 heteroatoms. The van der Waals surface area contributed by atoms with Crippen LogP contribution in [0.4, 0.5) is 4.79 Å². The van der Waals surface area contributed by atoms with Gasteiger partial charge in [-0.3, -0.25) is 0 Å². The standard InChI is InChI=1S/C13H15BBrNO5/c1-13(2)6-19-8-4-3-7(15)10-9(5-16-12(17)18)20-14(21-13)11(8)10/h3-4,9,16H,5-6H2,1-2H3,(H,17,18). The number of ether oxygens (including phenoxy) is 1. The van der Waals surface area contributed by atoms with Crippen molar-refractivity contribution in [2.45, 2.75) is 25.6 Å². The van der Waals surface area contributed by atoms with E-state index >= 15 is 0 Å². The predicted molar refractivity (Wildman–Crippen MR) is 80.0 cm³/mol. The molecule has 1 unspecified atom stereocenters. The highest BCUT2D eigenvalue weighted by molar-refractivity contribution is 9.10. The fraction of sp³-hybridized carbons (Fsp3) is 0.462. The lowest BCUT2D eigenvalue weighted by atomic mass is 9.77. The molecule has 6 nitrogen and oxygen atoms in total. The fourth-order valence-electron chi connectivity index (χ4n) is 2.56. The van der Waals surface area contributed by atoms with Crippen LogP contribution in [0.15, 0.2) is 16.6 Å². The molecular weight excluding hydrogens is 341 g/mol. The van der Waals surface area contributed by atoms with Gasteiger partial charge < -0.3 is 24.5 Å². The number of amides is 1. The molecule has 0 fully saturated rings. The minimum Gasteiger partial charge on any atom is -0.491 e. The van der Waals surface area contributed by atoms with Gasteiger partial charge in [0.05, 0.1) is 11.7 Å². The zero-order valence-corrected chi connectivity index (χ0v) is 13.3. The summed E-state index contributed by atoms with van der Waals surface area (Å²) in [4.78, 5) is 10.7. The highest BCUT2D eigenvalue weighted by Crippen LogP contribution is 2.37. The van der Waals surface area contributed by atoms with Crippen LogP contribution in [0.3, 0.4) is 0 Å². The first-order valence-electron chi connectivity index (χ1n) is 6.62. The van der Waals surface area contributed by atoms with Crippen LogP contribution >= 0.6 is 15.9 Å². The zero-order valence-electron chi connectivity index (χ0n) is 11.7. The summed E-state index contributed by atoms with van der Waals surface area (Å²) in [5.74, 6) is 0.724. The topological polar surface area (TPSA) is 77.0 Å². The van der Waals surface area contributed by atoms with Crippen molar-refractivity contribution in [2.75, 3.05) is 13.2 Å². The van der Waals surface area contributed by atoms with E-state index in [0.29, 0.717) is 6.61 Å². The van der Waals surface area contributed by atoms with E-state index in [9.17, 15) is 4.79 Å². The molecule has 1 aromatic rings. The van der Waals surface area contributed by atoms with Crippen LogP contribution in [0.25, 0.3) is 0 Å². The van der Waals surface area contributed by atoms with Gasteiger partial charge in [-0.25, -0.2) is 4.79 Å². The van der Waals surface area contributed by atoms with Gasteiger partial charge in [0, 0.05) is 16.5 Å². The number of nitrogens with one attached hydrogen (secondary N) is 1. The molecule has 2 N–H and O–H groups in total. The molecule has 0 aliphatic carbocycles. The van der Waals surface area contributed by atoms with Gasteiger partial charge in [0.15, 0.2) is 0 Å². The van der Waals surface area contributed by atoms with Gasteiger partial charge in [-0.2, -0.15) is 0 Å². The summed E-state index contributed by atoms with van der Waals surface area (Å²) >= 11 is 3.50. The Kier molecular flexibility index (Phi) is 3.63. The quantitative estimate of drug-likeness (QED) is 0.789. The molecule has 1 atom stereocenters. The number of carboxylic acid groups (broad SMARTS) is 1. The normalized spacial score (nSPS) is 22.2. The molecule has 2 aliphatic heterocycles. The third-order valence-corrected chi connectivity index (χ3v) is 4.17. The maximum absolute atomic E-state index is 10.7. The Hall–Kier alpha value is -1.25. The number of hydrogen-bond acceptors (Lipinski definition) is 4. The number of hydrogen-bond donors (Lipinski definition) is 2. The van der Waals surface area contributed by atoms with E-state index in [0.717, 1.165) is 21.2 Å². The molecule has 2 heterocycles. The number of carbonyl (C=O) groups is 1. The first-order valence-corrected chi connectivity index (χ1v) is 7.42. The third kappa shape index (κ3) is 2.75. The smallest absolute Gasteiger partial charge is 0.491 e. The minimum atomic E-state index is -1.08. The molecular formula is C13H15BBrNO5. The van der Waals surface area contributed by atoms with Crippen molar-refractivity contribution in [1.29, 1.82) is 0 Å². The number of rotatable bonds is 2. The molecule has 0 radical (unpaired) electrons. The molecule has 0 spiro atoms. The number of halogens is 1. The molecule has 0 aromatic heterocycles. The Balaban J connectivity index is 1.99. The lowest BCUT2D eigenvalue weighted by molar-refractivity contribution is 0.0272. The average Bonchev–Trinajstić information content (AvgIpc) is 2.68. The average molecular weight is 356 g/mol. The lowest BCUT2D eigenvalue weighted by Gasteiger charge is -2.25. The SMILES string of the molecule is CC1(C)COc2ccc(Br)c3c2B(OC3CNC(=O)O)O1. The van der Waals surface area contributed by atoms with Crippen LogP contribution in [0.2, 0.25) is 0 Å². The summed E-state index contributed by atoms with van der Waals surface area (Å²) in [5, 5.41) is 11.1. The summed E-state index contributed by atoms with van der Waals surface area (Å²) in [6.45, 7) is 4.45. The second-order valence-electron chi connectivity index (χ2n) is 5.68. The molecule has 2 aliphatic rings. The van der Waals surface area contributed by atoms with Crippen molar-refractivity contribution >= 4 is 34.6 Å². The Morgan fingerprint density at radius 3 is 3.05 bits per heavy atom. The first kappa shape index (κ1) is 14.7. The fourth-order valence-corrected chi connectivity index (χ4v) is 3.16. The van der Waals surface area contributed by atoms with Crippen molar-refractivity contribution in [3.8, 4) is 5.75 Å². The molecule has 0 saturated carbocycles. The van der Waals surface area contributed by atoms with Gasteiger partial charge in [0.1, 0.15) is 12.4 Å². The predicted octanol–water partition coefficient (Wildman–Crippen LogP) is 1.67. The summed E-state index contributed by atoms with van der Waals surface area (Å²) in [6.07, 6.45) is -1.49. The second kappa shape index (κ2) is 5.19. The summed E-state index contributed by atoms with van der Waals surface area (Å²) in [7, 11) is -0.550. The van der Waals surface area contributed by atoms with Gasteiger partial charge in [-0.15, -0.1) is 0 Å². The molecule has 0 bridgehead atoms. The van der Waals surface area contributed by atoms with E-state index in [-0.39, 0.29) is 6.54 Å². The van der Waals surface area contributed by atoms with Gasteiger partial charge in [-0.1, -0.05) is 15.9 Å². The van der Waals surface area contributed by atoms with Crippen LogP contribution in [0.1, 0.15) is 25.5 Å².